The van der Waals surface area contributed by atoms with Crippen LogP contribution in [0.2, 0.25) is 10.0 Å². The Hall–Kier alpha value is -2.29. The maximum atomic E-state index is 12.0. The molecule has 2 aromatic carbocycles. The van der Waals surface area contributed by atoms with Crippen molar-refractivity contribution in [2.24, 2.45) is 5.10 Å². The molecule has 0 fully saturated rings. The van der Waals surface area contributed by atoms with Gasteiger partial charge in [0.25, 0.3) is 0 Å². The van der Waals surface area contributed by atoms with E-state index in [9.17, 15) is 9.59 Å². The van der Waals surface area contributed by atoms with Crippen molar-refractivity contribution in [2.75, 3.05) is 18.5 Å². The van der Waals surface area contributed by atoms with Gasteiger partial charge in [-0.2, -0.15) is 5.10 Å². The van der Waals surface area contributed by atoms with Gasteiger partial charge in [-0.05, 0) is 65.7 Å². The van der Waals surface area contributed by atoms with Gasteiger partial charge in [0.1, 0.15) is 6.42 Å². The smallest absolute Gasteiger partial charge is 0.249 e. The number of carbonyl (C=O) groups excluding carboxylic acids is 2. The maximum Gasteiger partial charge on any atom is 0.249 e. The minimum absolute atomic E-state index is 0.302. The van der Waals surface area contributed by atoms with Crippen molar-refractivity contribution in [1.82, 2.24) is 5.43 Å². The monoisotopic (exact) mass is 515 g/mol. The van der Waals surface area contributed by atoms with E-state index in [0.29, 0.717) is 50.5 Å². The SMILES string of the molecule is CCOc1cc(C=NNC(=O)CC(=O)Nc2ccc(Cl)c(Cl)c2)cc(Br)c1OCC. The zero-order valence-electron chi connectivity index (χ0n) is 16.3. The maximum absolute atomic E-state index is 12.0. The van der Waals surface area contributed by atoms with Gasteiger partial charge in [0.05, 0.1) is 33.9 Å². The fourth-order valence-electron chi connectivity index (χ4n) is 2.35. The van der Waals surface area contributed by atoms with E-state index in [2.05, 4.69) is 31.8 Å². The molecule has 0 saturated carbocycles. The van der Waals surface area contributed by atoms with Crippen LogP contribution < -0.4 is 20.2 Å². The average Bonchev–Trinajstić information content (AvgIpc) is 2.67. The third-order valence-corrected chi connectivity index (χ3v) is 4.88. The highest BCUT2D eigenvalue weighted by Gasteiger charge is 2.12. The van der Waals surface area contributed by atoms with E-state index in [4.69, 9.17) is 32.7 Å². The number of hydrazone groups is 1. The largest absolute Gasteiger partial charge is 0.490 e. The molecule has 10 heteroatoms. The second kappa shape index (κ2) is 11.8. The Morgan fingerprint density at radius 1 is 1.07 bits per heavy atom. The number of nitrogens with one attached hydrogen (secondary N) is 2. The lowest BCUT2D eigenvalue weighted by Gasteiger charge is -2.13. The molecule has 2 amide bonds. The summed E-state index contributed by atoms with van der Waals surface area (Å²) in [5.41, 5.74) is 3.43. The number of hydrogen-bond donors (Lipinski definition) is 2. The van der Waals surface area contributed by atoms with Crippen LogP contribution in [0.15, 0.2) is 39.9 Å². The second-order valence-electron chi connectivity index (χ2n) is 5.84. The summed E-state index contributed by atoms with van der Waals surface area (Å²) in [6.07, 6.45) is 1.03. The van der Waals surface area contributed by atoms with Crippen molar-refractivity contribution in [3.05, 3.63) is 50.4 Å². The van der Waals surface area contributed by atoms with E-state index in [0.717, 1.165) is 0 Å². The highest BCUT2D eigenvalue weighted by Crippen LogP contribution is 2.36. The Balaban J connectivity index is 1.94. The summed E-state index contributed by atoms with van der Waals surface area (Å²) in [5.74, 6) is 0.0735. The van der Waals surface area contributed by atoms with Crippen LogP contribution in [0.1, 0.15) is 25.8 Å². The van der Waals surface area contributed by atoms with Crippen molar-refractivity contribution >= 4 is 62.8 Å². The quantitative estimate of drug-likeness (QED) is 0.278. The second-order valence-corrected chi connectivity index (χ2v) is 7.51. The Kier molecular flexibility index (Phi) is 9.42. The topological polar surface area (TPSA) is 89.0 Å². The standard InChI is InChI=1S/C20H20BrCl2N3O4/c1-3-29-17-8-12(7-14(21)20(17)30-4-2)11-24-26-19(28)10-18(27)25-13-5-6-15(22)16(23)9-13/h5-9,11H,3-4,10H2,1-2H3,(H,25,27)(H,26,28). The first-order valence-electron chi connectivity index (χ1n) is 9.00. The van der Waals surface area contributed by atoms with Crippen molar-refractivity contribution in [2.45, 2.75) is 20.3 Å². The molecule has 0 aliphatic carbocycles. The first kappa shape index (κ1) is 24.0. The number of halogens is 3. The van der Waals surface area contributed by atoms with Crippen molar-refractivity contribution < 1.29 is 19.1 Å². The summed E-state index contributed by atoms with van der Waals surface area (Å²) in [5, 5.41) is 7.12. The first-order chi connectivity index (χ1) is 14.3. The van der Waals surface area contributed by atoms with Crippen molar-refractivity contribution in [1.29, 1.82) is 0 Å². The third kappa shape index (κ3) is 7.19. The summed E-state index contributed by atoms with van der Waals surface area (Å²) >= 11 is 15.2. The van der Waals surface area contributed by atoms with Crippen molar-refractivity contribution in [3.8, 4) is 11.5 Å². The molecule has 0 aliphatic rings. The molecule has 30 heavy (non-hydrogen) atoms. The average molecular weight is 517 g/mol. The molecule has 0 spiro atoms. The number of nitrogens with zero attached hydrogens (tertiary/aromatic N) is 1. The molecule has 2 aromatic rings. The molecule has 0 aromatic heterocycles. The van der Waals surface area contributed by atoms with Gasteiger partial charge in [-0.25, -0.2) is 5.43 Å². The predicted molar refractivity (Wildman–Crippen MR) is 122 cm³/mol. The molecule has 0 aliphatic heterocycles. The van der Waals surface area contributed by atoms with Crippen LogP contribution in [-0.4, -0.2) is 31.2 Å². The van der Waals surface area contributed by atoms with Gasteiger partial charge < -0.3 is 14.8 Å². The van der Waals surface area contributed by atoms with Gasteiger partial charge >= 0.3 is 0 Å². The van der Waals surface area contributed by atoms with Crippen molar-refractivity contribution in [3.63, 3.8) is 0 Å². The molecule has 0 atom stereocenters. The van der Waals surface area contributed by atoms with Crippen LogP contribution in [-0.2, 0) is 9.59 Å². The lowest BCUT2D eigenvalue weighted by molar-refractivity contribution is -0.126. The minimum Gasteiger partial charge on any atom is -0.490 e. The zero-order valence-corrected chi connectivity index (χ0v) is 19.4. The van der Waals surface area contributed by atoms with E-state index in [1.54, 1.807) is 24.3 Å². The summed E-state index contributed by atoms with van der Waals surface area (Å²) in [4.78, 5) is 23.9. The van der Waals surface area contributed by atoms with Crippen LogP contribution in [0, 0.1) is 0 Å². The van der Waals surface area contributed by atoms with Gasteiger partial charge in [-0.15, -0.1) is 0 Å². The molecule has 0 bridgehead atoms. The molecule has 0 heterocycles. The lowest BCUT2D eigenvalue weighted by atomic mass is 10.2. The normalized spacial score (nSPS) is 10.7. The van der Waals surface area contributed by atoms with Crippen LogP contribution in [0.5, 0.6) is 11.5 Å². The number of carbonyl (C=O) groups is 2. The Morgan fingerprint density at radius 3 is 2.47 bits per heavy atom. The zero-order chi connectivity index (χ0) is 22.1. The number of hydrogen-bond acceptors (Lipinski definition) is 5. The highest BCUT2D eigenvalue weighted by molar-refractivity contribution is 9.10. The molecule has 0 radical (unpaired) electrons. The molecule has 0 unspecified atom stereocenters. The highest BCUT2D eigenvalue weighted by atomic mass is 79.9. The number of ether oxygens (including phenoxy) is 2. The van der Waals surface area contributed by atoms with Gasteiger partial charge in [-0.3, -0.25) is 9.59 Å². The fourth-order valence-corrected chi connectivity index (χ4v) is 3.23. The molecule has 0 saturated heterocycles. The molecule has 2 N–H and O–H groups in total. The van der Waals surface area contributed by atoms with Crippen LogP contribution in [0.3, 0.4) is 0 Å². The number of rotatable bonds is 9. The fraction of sp³-hybridized carbons (Fsp3) is 0.250. The van der Waals surface area contributed by atoms with E-state index >= 15 is 0 Å². The molecule has 7 nitrogen and oxygen atoms in total. The van der Waals surface area contributed by atoms with E-state index in [-0.39, 0.29) is 0 Å². The number of benzene rings is 2. The molecular weight excluding hydrogens is 497 g/mol. The van der Waals surface area contributed by atoms with Gasteiger partial charge in [0.15, 0.2) is 11.5 Å². The summed E-state index contributed by atoms with van der Waals surface area (Å²) < 4.78 is 11.9. The summed E-state index contributed by atoms with van der Waals surface area (Å²) in [6.45, 7) is 4.71. The van der Waals surface area contributed by atoms with Gasteiger partial charge in [0.2, 0.25) is 11.8 Å². The Bertz CT molecular complexity index is 954. The Labute approximate surface area is 192 Å². The molecule has 160 valence electrons. The number of amides is 2. The molecule has 2 rings (SSSR count). The Morgan fingerprint density at radius 2 is 1.80 bits per heavy atom. The van der Waals surface area contributed by atoms with Crippen LogP contribution in [0.4, 0.5) is 5.69 Å². The van der Waals surface area contributed by atoms with Crippen LogP contribution >= 0.6 is 39.1 Å². The van der Waals surface area contributed by atoms with Gasteiger partial charge in [-0.1, -0.05) is 23.2 Å². The first-order valence-corrected chi connectivity index (χ1v) is 10.5. The molecular formula is C20H20BrCl2N3O4. The van der Waals surface area contributed by atoms with E-state index in [1.807, 2.05) is 13.8 Å². The minimum atomic E-state index is -0.571. The van der Waals surface area contributed by atoms with Gasteiger partial charge in [0, 0.05) is 5.69 Å². The lowest BCUT2D eigenvalue weighted by Crippen LogP contribution is -2.24. The van der Waals surface area contributed by atoms with E-state index < -0.39 is 18.2 Å². The summed E-state index contributed by atoms with van der Waals surface area (Å²) in [6, 6.07) is 8.15. The van der Waals surface area contributed by atoms with E-state index in [1.165, 1.54) is 12.3 Å². The van der Waals surface area contributed by atoms with Crippen LogP contribution in [0.25, 0.3) is 0 Å². The predicted octanol–water partition coefficient (Wildman–Crippen LogP) is 5.03. The summed E-state index contributed by atoms with van der Waals surface area (Å²) in [7, 11) is 0. The number of anilines is 1. The third-order valence-electron chi connectivity index (χ3n) is 3.55.